The van der Waals surface area contributed by atoms with Crippen LogP contribution < -0.4 is 0 Å². The van der Waals surface area contributed by atoms with Gasteiger partial charge in [-0.05, 0) is 31.8 Å². The third-order valence-corrected chi connectivity index (χ3v) is 1.61. The van der Waals surface area contributed by atoms with Crippen molar-refractivity contribution < 1.29 is 9.59 Å². The molecule has 0 rings (SSSR count). The Morgan fingerprint density at radius 1 is 1.33 bits per heavy atom. The third kappa shape index (κ3) is 5.83. The highest BCUT2D eigenvalue weighted by Crippen LogP contribution is 2.05. The van der Waals surface area contributed by atoms with Gasteiger partial charge in [-0.3, -0.25) is 4.79 Å². The predicted octanol–water partition coefficient (Wildman–Crippen LogP) is 2.28. The fourth-order valence-corrected chi connectivity index (χ4v) is 1.01. The van der Waals surface area contributed by atoms with E-state index in [9.17, 15) is 9.59 Å². The van der Waals surface area contributed by atoms with Crippen LogP contribution in [0, 0.1) is 0 Å². The summed E-state index contributed by atoms with van der Waals surface area (Å²) in [6.45, 7) is 3.57. The molecule has 0 aliphatic heterocycles. The van der Waals surface area contributed by atoms with Crippen molar-refractivity contribution >= 4 is 12.1 Å². The third-order valence-electron chi connectivity index (χ3n) is 1.61. The van der Waals surface area contributed by atoms with Gasteiger partial charge in [-0.25, -0.2) is 0 Å². The average molecular weight is 168 g/mol. The topological polar surface area (TPSA) is 34.1 Å². The predicted molar refractivity (Wildman–Crippen MR) is 49.0 cm³/mol. The molecule has 68 valence electrons. The molecule has 0 radical (unpaired) electrons. The summed E-state index contributed by atoms with van der Waals surface area (Å²) < 4.78 is 0. The molecule has 0 atom stereocenters. The Balaban J connectivity index is 3.66. The molecule has 0 bridgehead atoms. The Kier molecular flexibility index (Phi) is 6.25. The van der Waals surface area contributed by atoms with E-state index in [2.05, 4.69) is 0 Å². The first kappa shape index (κ1) is 11.1. The van der Waals surface area contributed by atoms with E-state index in [-0.39, 0.29) is 5.78 Å². The minimum Gasteiger partial charge on any atom is -0.300 e. The second-order valence-corrected chi connectivity index (χ2v) is 2.86. The van der Waals surface area contributed by atoms with Crippen LogP contribution in [0.2, 0.25) is 0 Å². The highest BCUT2D eigenvalue weighted by molar-refractivity contribution is 5.76. The summed E-state index contributed by atoms with van der Waals surface area (Å²) in [4.78, 5) is 21.0. The molecule has 12 heavy (non-hydrogen) atoms. The van der Waals surface area contributed by atoms with Crippen molar-refractivity contribution in [1.82, 2.24) is 0 Å². The number of Topliss-reactive ketones (excluding diaryl/α,β-unsaturated/α-hetero) is 1. The van der Waals surface area contributed by atoms with E-state index in [1.165, 1.54) is 0 Å². The number of hydrogen-bond acceptors (Lipinski definition) is 2. The lowest BCUT2D eigenvalue weighted by Crippen LogP contribution is -1.91. The second kappa shape index (κ2) is 6.77. The zero-order valence-corrected chi connectivity index (χ0v) is 7.80. The molecule has 0 saturated heterocycles. The molecular formula is C10H16O2. The molecule has 0 N–H and O–H groups in total. The van der Waals surface area contributed by atoms with Crippen molar-refractivity contribution in [3.63, 3.8) is 0 Å². The molecule has 0 heterocycles. The maximum absolute atomic E-state index is 10.6. The van der Waals surface area contributed by atoms with Gasteiger partial charge in [0.05, 0.1) is 0 Å². The lowest BCUT2D eigenvalue weighted by Gasteiger charge is -1.97. The molecule has 0 aromatic heterocycles. The van der Waals surface area contributed by atoms with Gasteiger partial charge in [0.25, 0.3) is 0 Å². The van der Waals surface area contributed by atoms with Gasteiger partial charge in [0, 0.05) is 6.42 Å². The highest BCUT2D eigenvalue weighted by atomic mass is 16.1. The first-order valence-electron chi connectivity index (χ1n) is 4.34. The van der Waals surface area contributed by atoms with Crippen LogP contribution >= 0.6 is 0 Å². The number of hydrogen-bond donors (Lipinski definition) is 0. The van der Waals surface area contributed by atoms with Crippen LogP contribution in [0.4, 0.5) is 0 Å². The number of allylic oxidation sites excluding steroid dienone is 2. The molecule has 2 heteroatoms. The molecule has 0 spiro atoms. The molecule has 0 saturated carbocycles. The molecule has 0 unspecified atom stereocenters. The highest BCUT2D eigenvalue weighted by Gasteiger charge is 1.97. The fraction of sp³-hybridized carbons (Fsp3) is 0.600. The van der Waals surface area contributed by atoms with Crippen molar-refractivity contribution in [3.8, 4) is 0 Å². The van der Waals surface area contributed by atoms with Crippen LogP contribution in [-0.2, 0) is 9.59 Å². The van der Waals surface area contributed by atoms with Gasteiger partial charge >= 0.3 is 0 Å². The summed E-state index contributed by atoms with van der Waals surface area (Å²) in [5.74, 6) is 0.191. The summed E-state index contributed by atoms with van der Waals surface area (Å²) in [6.07, 6.45) is 5.77. The molecule has 0 aromatic rings. The Hall–Kier alpha value is -0.920. The minimum absolute atomic E-state index is 0.191. The second-order valence-electron chi connectivity index (χ2n) is 2.86. The fourth-order valence-electron chi connectivity index (χ4n) is 1.01. The standard InChI is InChI=1S/C10H16O2/c1-3-5-10(8-11)7-4-6-9(2)12/h5,8H,3-4,6-7H2,1-2H3. The number of carbonyl (C=O) groups excluding carboxylic acids is 2. The van der Waals surface area contributed by atoms with E-state index in [0.29, 0.717) is 6.42 Å². The summed E-state index contributed by atoms with van der Waals surface area (Å²) >= 11 is 0. The molecule has 0 aromatic carbocycles. The van der Waals surface area contributed by atoms with Crippen molar-refractivity contribution in [2.45, 2.75) is 39.5 Å². The normalized spacial score (nSPS) is 11.3. The molecule has 0 aliphatic carbocycles. The average Bonchev–Trinajstić information content (AvgIpc) is 2.02. The maximum atomic E-state index is 10.6. The zero-order chi connectivity index (χ0) is 9.40. The van der Waals surface area contributed by atoms with Crippen LogP contribution in [-0.4, -0.2) is 12.1 Å². The first-order valence-corrected chi connectivity index (χ1v) is 4.34. The quantitative estimate of drug-likeness (QED) is 0.450. The Labute approximate surface area is 73.7 Å². The van der Waals surface area contributed by atoms with Crippen LogP contribution in [0.25, 0.3) is 0 Å². The number of carbonyl (C=O) groups is 2. The Morgan fingerprint density at radius 3 is 2.42 bits per heavy atom. The summed E-state index contributed by atoms with van der Waals surface area (Å²) in [5, 5.41) is 0. The van der Waals surface area contributed by atoms with Gasteiger partial charge in [0.2, 0.25) is 0 Å². The molecule has 0 aliphatic rings. The Bertz CT molecular complexity index is 180. The van der Waals surface area contributed by atoms with Crippen molar-refractivity contribution in [1.29, 1.82) is 0 Å². The van der Waals surface area contributed by atoms with E-state index in [4.69, 9.17) is 0 Å². The lowest BCUT2D eigenvalue weighted by molar-refractivity contribution is -0.117. The monoisotopic (exact) mass is 168 g/mol. The van der Waals surface area contributed by atoms with Gasteiger partial charge in [-0.2, -0.15) is 0 Å². The maximum Gasteiger partial charge on any atom is 0.145 e. The van der Waals surface area contributed by atoms with Crippen LogP contribution in [0.15, 0.2) is 11.6 Å². The minimum atomic E-state index is 0.191. The number of aldehydes is 1. The van der Waals surface area contributed by atoms with Crippen LogP contribution in [0.1, 0.15) is 39.5 Å². The van der Waals surface area contributed by atoms with E-state index in [1.807, 2.05) is 13.0 Å². The van der Waals surface area contributed by atoms with E-state index in [0.717, 1.165) is 31.1 Å². The number of rotatable bonds is 6. The van der Waals surface area contributed by atoms with E-state index >= 15 is 0 Å². The smallest absolute Gasteiger partial charge is 0.145 e. The molecule has 0 amide bonds. The van der Waals surface area contributed by atoms with Crippen molar-refractivity contribution in [3.05, 3.63) is 11.6 Å². The van der Waals surface area contributed by atoms with Gasteiger partial charge in [-0.15, -0.1) is 0 Å². The van der Waals surface area contributed by atoms with Gasteiger partial charge in [0.15, 0.2) is 0 Å². The van der Waals surface area contributed by atoms with Gasteiger partial charge in [-0.1, -0.05) is 13.0 Å². The Morgan fingerprint density at radius 2 is 2.00 bits per heavy atom. The summed E-state index contributed by atoms with van der Waals surface area (Å²) in [7, 11) is 0. The van der Waals surface area contributed by atoms with Gasteiger partial charge < -0.3 is 4.79 Å². The molecular weight excluding hydrogens is 152 g/mol. The lowest BCUT2D eigenvalue weighted by atomic mass is 10.1. The molecule has 2 nitrogen and oxygen atoms in total. The zero-order valence-electron chi connectivity index (χ0n) is 7.80. The summed E-state index contributed by atoms with van der Waals surface area (Å²) in [6, 6.07) is 0. The van der Waals surface area contributed by atoms with Gasteiger partial charge in [0.1, 0.15) is 12.1 Å². The van der Waals surface area contributed by atoms with Crippen molar-refractivity contribution in [2.24, 2.45) is 0 Å². The van der Waals surface area contributed by atoms with Crippen LogP contribution in [0.3, 0.4) is 0 Å². The molecule has 0 fully saturated rings. The van der Waals surface area contributed by atoms with E-state index in [1.54, 1.807) is 6.92 Å². The SMILES string of the molecule is CCC=C(C=O)CCCC(C)=O. The van der Waals surface area contributed by atoms with E-state index < -0.39 is 0 Å². The first-order chi connectivity index (χ1) is 5.70. The number of ketones is 1. The largest absolute Gasteiger partial charge is 0.300 e. The van der Waals surface area contributed by atoms with Crippen LogP contribution in [0.5, 0.6) is 0 Å². The summed E-state index contributed by atoms with van der Waals surface area (Å²) in [5.41, 5.74) is 0.818. The van der Waals surface area contributed by atoms with Crippen molar-refractivity contribution in [2.75, 3.05) is 0 Å².